The van der Waals surface area contributed by atoms with Crippen molar-refractivity contribution in [3.63, 3.8) is 0 Å². The Morgan fingerprint density at radius 3 is 2.50 bits per heavy atom. The molecule has 0 spiro atoms. The fraction of sp³-hybridized carbons (Fsp3) is 0.538. The second-order valence-corrected chi connectivity index (χ2v) is 4.86. The Bertz CT molecular complexity index is 286. The van der Waals surface area contributed by atoms with Gasteiger partial charge in [-0.15, -0.1) is 0 Å². The van der Waals surface area contributed by atoms with E-state index in [9.17, 15) is 0 Å². The van der Waals surface area contributed by atoms with E-state index in [1.165, 1.54) is 18.4 Å². The highest BCUT2D eigenvalue weighted by Gasteiger charge is 2.09. The van der Waals surface area contributed by atoms with Gasteiger partial charge < -0.3 is 4.74 Å². The van der Waals surface area contributed by atoms with Crippen LogP contribution < -0.4 is 0 Å². The van der Waals surface area contributed by atoms with Gasteiger partial charge in [-0.3, -0.25) is 0 Å². The molecule has 0 N–H and O–H groups in total. The van der Waals surface area contributed by atoms with Crippen molar-refractivity contribution < 1.29 is 4.74 Å². The molecule has 90 valence electrons. The SMILES string of the molecule is CCCCCOC(CBr)c1ccc(Cl)cc1. The largest absolute Gasteiger partial charge is 0.373 e. The molecule has 0 heterocycles. The van der Waals surface area contributed by atoms with Gasteiger partial charge in [0.2, 0.25) is 0 Å². The van der Waals surface area contributed by atoms with E-state index in [0.29, 0.717) is 0 Å². The summed E-state index contributed by atoms with van der Waals surface area (Å²) in [7, 11) is 0. The van der Waals surface area contributed by atoms with Gasteiger partial charge in [-0.1, -0.05) is 59.4 Å². The lowest BCUT2D eigenvalue weighted by atomic mass is 10.1. The molecule has 1 aromatic rings. The molecule has 0 saturated carbocycles. The summed E-state index contributed by atoms with van der Waals surface area (Å²) in [4.78, 5) is 0. The smallest absolute Gasteiger partial charge is 0.0921 e. The summed E-state index contributed by atoms with van der Waals surface area (Å²) < 4.78 is 5.83. The van der Waals surface area contributed by atoms with Crippen molar-refractivity contribution in [2.75, 3.05) is 11.9 Å². The quantitative estimate of drug-likeness (QED) is 0.510. The molecule has 1 aromatic carbocycles. The summed E-state index contributed by atoms with van der Waals surface area (Å²) in [6, 6.07) is 7.85. The Morgan fingerprint density at radius 2 is 1.94 bits per heavy atom. The molecule has 16 heavy (non-hydrogen) atoms. The Morgan fingerprint density at radius 1 is 1.25 bits per heavy atom. The molecular weight excluding hydrogens is 287 g/mol. The first-order chi connectivity index (χ1) is 7.77. The fourth-order valence-electron chi connectivity index (χ4n) is 1.48. The Hall–Kier alpha value is -0.0500. The van der Waals surface area contributed by atoms with Gasteiger partial charge in [0.1, 0.15) is 0 Å². The number of ether oxygens (including phenoxy) is 1. The summed E-state index contributed by atoms with van der Waals surface area (Å²) in [5.41, 5.74) is 1.18. The molecule has 0 amide bonds. The lowest BCUT2D eigenvalue weighted by Gasteiger charge is -2.15. The molecule has 0 aliphatic carbocycles. The van der Waals surface area contributed by atoms with Gasteiger partial charge in [0.05, 0.1) is 6.10 Å². The molecule has 1 unspecified atom stereocenters. The second kappa shape index (κ2) is 8.10. The second-order valence-electron chi connectivity index (χ2n) is 3.77. The van der Waals surface area contributed by atoms with Gasteiger partial charge in [0, 0.05) is 17.0 Å². The third-order valence-corrected chi connectivity index (χ3v) is 3.29. The molecule has 0 aliphatic heterocycles. The van der Waals surface area contributed by atoms with Crippen molar-refractivity contribution in [1.29, 1.82) is 0 Å². The van der Waals surface area contributed by atoms with Gasteiger partial charge in [-0.25, -0.2) is 0 Å². The lowest BCUT2D eigenvalue weighted by molar-refractivity contribution is 0.0670. The molecule has 3 heteroatoms. The maximum atomic E-state index is 5.85. The molecule has 0 saturated heterocycles. The topological polar surface area (TPSA) is 9.23 Å². The van der Waals surface area contributed by atoms with Gasteiger partial charge in [0.25, 0.3) is 0 Å². The number of unbranched alkanes of at least 4 members (excludes halogenated alkanes) is 2. The molecule has 1 rings (SSSR count). The molecule has 0 radical (unpaired) electrons. The summed E-state index contributed by atoms with van der Waals surface area (Å²) in [6.45, 7) is 3.02. The highest BCUT2D eigenvalue weighted by molar-refractivity contribution is 9.09. The van der Waals surface area contributed by atoms with E-state index >= 15 is 0 Å². The van der Waals surface area contributed by atoms with Crippen molar-refractivity contribution in [1.82, 2.24) is 0 Å². The van der Waals surface area contributed by atoms with Gasteiger partial charge in [-0.05, 0) is 24.1 Å². The maximum Gasteiger partial charge on any atom is 0.0921 e. The minimum absolute atomic E-state index is 0.133. The highest BCUT2D eigenvalue weighted by Crippen LogP contribution is 2.22. The van der Waals surface area contributed by atoms with Crippen LogP contribution in [0.15, 0.2) is 24.3 Å². The van der Waals surface area contributed by atoms with E-state index in [1.54, 1.807) is 0 Å². The van der Waals surface area contributed by atoms with Crippen molar-refractivity contribution in [3.8, 4) is 0 Å². The van der Waals surface area contributed by atoms with Crippen LogP contribution in [0.25, 0.3) is 0 Å². The number of hydrogen-bond acceptors (Lipinski definition) is 1. The third kappa shape index (κ3) is 4.86. The lowest BCUT2D eigenvalue weighted by Crippen LogP contribution is -2.06. The van der Waals surface area contributed by atoms with Crippen LogP contribution in [0.2, 0.25) is 5.02 Å². The summed E-state index contributed by atoms with van der Waals surface area (Å²) in [6.07, 6.45) is 3.72. The Balaban J connectivity index is 2.44. The van der Waals surface area contributed by atoms with Crippen LogP contribution in [0.3, 0.4) is 0 Å². The van der Waals surface area contributed by atoms with E-state index < -0.39 is 0 Å². The zero-order chi connectivity index (χ0) is 11.8. The molecule has 0 aliphatic rings. The first kappa shape index (κ1) is 14.0. The summed E-state index contributed by atoms with van der Waals surface area (Å²) in [5.74, 6) is 0. The number of rotatable bonds is 7. The highest BCUT2D eigenvalue weighted by atomic mass is 79.9. The van der Waals surface area contributed by atoms with Crippen molar-refractivity contribution >= 4 is 27.5 Å². The number of hydrogen-bond donors (Lipinski definition) is 0. The van der Waals surface area contributed by atoms with E-state index in [-0.39, 0.29) is 6.10 Å². The third-order valence-electron chi connectivity index (χ3n) is 2.45. The average molecular weight is 306 g/mol. The molecule has 0 aromatic heterocycles. The Kier molecular flexibility index (Phi) is 7.10. The zero-order valence-electron chi connectivity index (χ0n) is 9.59. The monoisotopic (exact) mass is 304 g/mol. The van der Waals surface area contributed by atoms with E-state index in [0.717, 1.165) is 23.4 Å². The minimum atomic E-state index is 0.133. The molecule has 1 nitrogen and oxygen atoms in total. The van der Waals surface area contributed by atoms with Crippen LogP contribution >= 0.6 is 27.5 Å². The van der Waals surface area contributed by atoms with Gasteiger partial charge in [0.15, 0.2) is 0 Å². The van der Waals surface area contributed by atoms with E-state index in [1.807, 2.05) is 24.3 Å². The molecule has 0 fully saturated rings. The van der Waals surface area contributed by atoms with Crippen LogP contribution in [-0.2, 0) is 4.74 Å². The standard InChI is InChI=1S/C13H18BrClO/c1-2-3-4-9-16-13(10-14)11-5-7-12(15)8-6-11/h5-8,13H,2-4,9-10H2,1H3. The first-order valence-electron chi connectivity index (χ1n) is 5.71. The molecule has 1 atom stereocenters. The predicted octanol–water partition coefficient (Wildman–Crippen LogP) is 4.98. The van der Waals surface area contributed by atoms with Crippen molar-refractivity contribution in [3.05, 3.63) is 34.9 Å². The van der Waals surface area contributed by atoms with Gasteiger partial charge in [-0.2, -0.15) is 0 Å². The number of halogens is 2. The number of benzene rings is 1. The average Bonchev–Trinajstić information content (AvgIpc) is 2.31. The van der Waals surface area contributed by atoms with Crippen molar-refractivity contribution in [2.24, 2.45) is 0 Å². The summed E-state index contributed by atoms with van der Waals surface area (Å²) >= 11 is 9.33. The first-order valence-corrected chi connectivity index (χ1v) is 7.21. The van der Waals surface area contributed by atoms with Crippen LogP contribution in [0, 0.1) is 0 Å². The Labute approximate surface area is 111 Å². The minimum Gasteiger partial charge on any atom is -0.373 e. The number of alkyl halides is 1. The van der Waals surface area contributed by atoms with Crippen LogP contribution in [0.5, 0.6) is 0 Å². The molecule has 0 bridgehead atoms. The van der Waals surface area contributed by atoms with Crippen LogP contribution in [0.1, 0.15) is 37.9 Å². The van der Waals surface area contributed by atoms with Crippen molar-refractivity contribution in [2.45, 2.75) is 32.3 Å². The van der Waals surface area contributed by atoms with Crippen LogP contribution in [0.4, 0.5) is 0 Å². The fourth-order valence-corrected chi connectivity index (χ4v) is 2.17. The normalized spacial score (nSPS) is 12.7. The molecular formula is C13H18BrClO. The van der Waals surface area contributed by atoms with Crippen LogP contribution in [-0.4, -0.2) is 11.9 Å². The summed E-state index contributed by atoms with van der Waals surface area (Å²) in [5, 5.41) is 1.59. The van der Waals surface area contributed by atoms with E-state index in [2.05, 4.69) is 22.9 Å². The zero-order valence-corrected chi connectivity index (χ0v) is 11.9. The predicted molar refractivity (Wildman–Crippen MR) is 73.5 cm³/mol. The maximum absolute atomic E-state index is 5.85. The van der Waals surface area contributed by atoms with Gasteiger partial charge >= 0.3 is 0 Å². The van der Waals surface area contributed by atoms with E-state index in [4.69, 9.17) is 16.3 Å².